The number of thioether (sulfide) groups is 1. The number of hydrogen-bond acceptors (Lipinski definition) is 4. The lowest BCUT2D eigenvalue weighted by Crippen LogP contribution is -2.25. The van der Waals surface area contributed by atoms with Crippen LogP contribution in [0.1, 0.15) is 11.1 Å². The van der Waals surface area contributed by atoms with Crippen molar-refractivity contribution < 1.29 is 9.21 Å². The van der Waals surface area contributed by atoms with Gasteiger partial charge in [-0.2, -0.15) is 0 Å². The number of furan rings is 1. The quantitative estimate of drug-likeness (QED) is 0.710. The fourth-order valence-electron chi connectivity index (χ4n) is 2.30. The molecule has 0 saturated heterocycles. The molecule has 5 heteroatoms. The highest BCUT2D eigenvalue weighted by Gasteiger charge is 2.10. The lowest BCUT2D eigenvalue weighted by Gasteiger charge is -2.08. The summed E-state index contributed by atoms with van der Waals surface area (Å²) in [5.41, 5.74) is 2.93. The minimum atomic E-state index is 0.0187. The maximum absolute atomic E-state index is 12.0. The van der Waals surface area contributed by atoms with E-state index in [1.807, 2.05) is 42.5 Å². The highest BCUT2D eigenvalue weighted by atomic mass is 32.2. The van der Waals surface area contributed by atoms with Crippen molar-refractivity contribution in [2.24, 2.45) is 0 Å². The third kappa shape index (κ3) is 4.49. The van der Waals surface area contributed by atoms with E-state index in [0.717, 1.165) is 17.0 Å². The van der Waals surface area contributed by atoms with Gasteiger partial charge in [0.25, 0.3) is 0 Å². The van der Waals surface area contributed by atoms with Gasteiger partial charge in [-0.25, -0.2) is 0 Å². The second-order valence-corrected chi connectivity index (χ2v) is 6.23. The van der Waals surface area contributed by atoms with Crippen LogP contribution in [0.2, 0.25) is 0 Å². The normalized spacial score (nSPS) is 10.5. The second kappa shape index (κ2) is 8.36. The third-order valence-electron chi connectivity index (χ3n) is 3.47. The number of benzene rings is 1. The van der Waals surface area contributed by atoms with E-state index in [4.69, 9.17) is 4.42 Å². The van der Waals surface area contributed by atoms with Crippen LogP contribution in [0.3, 0.4) is 0 Å². The zero-order chi connectivity index (χ0) is 16.6. The van der Waals surface area contributed by atoms with Gasteiger partial charge >= 0.3 is 0 Å². The zero-order valence-electron chi connectivity index (χ0n) is 13.1. The predicted octanol–water partition coefficient (Wildman–Crippen LogP) is 3.89. The summed E-state index contributed by atoms with van der Waals surface area (Å²) < 4.78 is 5.40. The van der Waals surface area contributed by atoms with Crippen LogP contribution in [0, 0.1) is 0 Å². The third-order valence-corrected chi connectivity index (χ3v) is 4.47. The van der Waals surface area contributed by atoms with E-state index in [-0.39, 0.29) is 5.91 Å². The van der Waals surface area contributed by atoms with E-state index in [1.165, 1.54) is 5.56 Å². The van der Waals surface area contributed by atoms with Gasteiger partial charge in [0.15, 0.2) is 5.76 Å². The van der Waals surface area contributed by atoms with Crippen LogP contribution < -0.4 is 5.32 Å². The number of carbonyl (C=O) groups excluding carboxylic acids is 1. The van der Waals surface area contributed by atoms with Crippen molar-refractivity contribution in [1.82, 2.24) is 10.3 Å². The average molecular weight is 338 g/mol. The van der Waals surface area contributed by atoms with E-state index < -0.39 is 0 Å². The largest absolute Gasteiger partial charge is 0.463 e. The van der Waals surface area contributed by atoms with E-state index in [9.17, 15) is 4.79 Å². The molecule has 2 heterocycles. The molecule has 0 atom stereocenters. The van der Waals surface area contributed by atoms with E-state index in [0.29, 0.717) is 18.1 Å². The Hall–Kier alpha value is -2.53. The summed E-state index contributed by atoms with van der Waals surface area (Å²) in [6.07, 6.45) is 3.34. The van der Waals surface area contributed by atoms with Crippen molar-refractivity contribution in [3.8, 4) is 11.5 Å². The molecule has 3 rings (SSSR count). The van der Waals surface area contributed by atoms with Crippen LogP contribution in [0.4, 0.5) is 0 Å². The van der Waals surface area contributed by atoms with E-state index in [1.54, 1.807) is 24.2 Å². The van der Waals surface area contributed by atoms with Gasteiger partial charge in [0.1, 0.15) is 5.69 Å². The highest BCUT2D eigenvalue weighted by molar-refractivity contribution is 7.99. The Labute approximate surface area is 145 Å². The van der Waals surface area contributed by atoms with Crippen LogP contribution in [0.5, 0.6) is 0 Å². The van der Waals surface area contributed by atoms with E-state index >= 15 is 0 Å². The van der Waals surface area contributed by atoms with Gasteiger partial charge in [-0.15, -0.1) is 11.8 Å². The molecule has 0 aliphatic carbocycles. The fourth-order valence-corrected chi connectivity index (χ4v) is 3.11. The number of pyridine rings is 1. The van der Waals surface area contributed by atoms with Gasteiger partial charge in [0, 0.05) is 24.1 Å². The van der Waals surface area contributed by atoms with Crippen molar-refractivity contribution in [1.29, 1.82) is 0 Å². The van der Waals surface area contributed by atoms with Crippen molar-refractivity contribution >= 4 is 17.7 Å². The number of carbonyl (C=O) groups is 1. The number of amides is 1. The van der Waals surface area contributed by atoms with Crippen molar-refractivity contribution in [2.75, 3.05) is 5.75 Å². The SMILES string of the molecule is O=C(CSCc1ccccc1)NCc1cccnc1-c1ccco1. The molecule has 3 aromatic rings. The molecule has 1 N–H and O–H groups in total. The molecule has 0 unspecified atom stereocenters. The highest BCUT2D eigenvalue weighted by Crippen LogP contribution is 2.21. The molecule has 122 valence electrons. The first-order valence-corrected chi connectivity index (χ1v) is 8.84. The molecule has 0 radical (unpaired) electrons. The smallest absolute Gasteiger partial charge is 0.230 e. The maximum Gasteiger partial charge on any atom is 0.230 e. The van der Waals surface area contributed by atoms with Crippen molar-refractivity contribution in [3.63, 3.8) is 0 Å². The molecule has 0 bridgehead atoms. The summed E-state index contributed by atoms with van der Waals surface area (Å²) in [6, 6.07) is 17.6. The maximum atomic E-state index is 12.0. The number of aromatic nitrogens is 1. The number of nitrogens with one attached hydrogen (secondary N) is 1. The monoisotopic (exact) mass is 338 g/mol. The zero-order valence-corrected chi connectivity index (χ0v) is 14.0. The van der Waals surface area contributed by atoms with Crippen LogP contribution in [-0.4, -0.2) is 16.6 Å². The molecule has 0 saturated carbocycles. The Kier molecular flexibility index (Phi) is 5.69. The molecule has 0 fully saturated rings. The molecule has 1 aromatic carbocycles. The Bertz CT molecular complexity index is 773. The van der Waals surface area contributed by atoms with E-state index in [2.05, 4.69) is 22.4 Å². The van der Waals surface area contributed by atoms with Crippen LogP contribution in [-0.2, 0) is 17.1 Å². The molecule has 2 aromatic heterocycles. The topological polar surface area (TPSA) is 55.1 Å². The summed E-state index contributed by atoms with van der Waals surface area (Å²) in [6.45, 7) is 0.439. The van der Waals surface area contributed by atoms with Gasteiger partial charge in [0.05, 0.1) is 12.0 Å². The minimum Gasteiger partial charge on any atom is -0.463 e. The Balaban J connectivity index is 1.50. The number of rotatable bonds is 7. The summed E-state index contributed by atoms with van der Waals surface area (Å²) in [5.74, 6) is 1.99. The molecule has 0 spiro atoms. The van der Waals surface area contributed by atoms with Gasteiger partial charge < -0.3 is 9.73 Å². The van der Waals surface area contributed by atoms with Gasteiger partial charge in [-0.3, -0.25) is 9.78 Å². The fraction of sp³-hybridized carbons (Fsp3) is 0.158. The van der Waals surface area contributed by atoms with Crippen LogP contribution >= 0.6 is 11.8 Å². The van der Waals surface area contributed by atoms with Gasteiger partial charge in [-0.05, 0) is 23.8 Å². The average Bonchev–Trinajstić information content (AvgIpc) is 3.16. The lowest BCUT2D eigenvalue weighted by molar-refractivity contribution is -0.118. The first-order valence-electron chi connectivity index (χ1n) is 7.69. The first kappa shape index (κ1) is 16.3. The first-order chi connectivity index (χ1) is 11.8. The molecule has 4 nitrogen and oxygen atoms in total. The Morgan fingerprint density at radius 3 is 2.75 bits per heavy atom. The minimum absolute atomic E-state index is 0.0187. The molecule has 0 aliphatic heterocycles. The number of nitrogens with zero attached hydrogens (tertiary/aromatic N) is 1. The van der Waals surface area contributed by atoms with Gasteiger partial charge in [0.2, 0.25) is 5.91 Å². The molecular formula is C19H18N2O2S. The summed E-state index contributed by atoms with van der Waals surface area (Å²) in [5, 5.41) is 2.95. The number of hydrogen-bond donors (Lipinski definition) is 1. The molecule has 0 aliphatic rings. The summed E-state index contributed by atoms with van der Waals surface area (Å²) in [4.78, 5) is 16.4. The van der Waals surface area contributed by atoms with Gasteiger partial charge in [-0.1, -0.05) is 36.4 Å². The molecule has 24 heavy (non-hydrogen) atoms. The van der Waals surface area contributed by atoms with Crippen LogP contribution in [0.15, 0.2) is 71.5 Å². The Morgan fingerprint density at radius 2 is 1.96 bits per heavy atom. The molecule has 1 amide bonds. The predicted molar refractivity (Wildman–Crippen MR) is 96.4 cm³/mol. The molecular weight excluding hydrogens is 320 g/mol. The van der Waals surface area contributed by atoms with Crippen LogP contribution in [0.25, 0.3) is 11.5 Å². The van der Waals surface area contributed by atoms with Crippen molar-refractivity contribution in [3.05, 3.63) is 78.2 Å². The second-order valence-electron chi connectivity index (χ2n) is 5.24. The lowest BCUT2D eigenvalue weighted by atomic mass is 10.1. The standard InChI is InChI=1S/C19H18N2O2S/c22-18(14-24-13-15-6-2-1-3-7-15)21-12-16-8-4-10-20-19(16)17-9-5-11-23-17/h1-11H,12-14H2,(H,21,22). The van der Waals surface area contributed by atoms with Crippen molar-refractivity contribution in [2.45, 2.75) is 12.3 Å². The Morgan fingerprint density at radius 1 is 1.08 bits per heavy atom. The summed E-state index contributed by atoms with van der Waals surface area (Å²) in [7, 11) is 0. The summed E-state index contributed by atoms with van der Waals surface area (Å²) >= 11 is 1.61.